The molecule has 0 aliphatic heterocycles. The Labute approximate surface area is 119 Å². The minimum Gasteiger partial charge on any atom is -0.496 e. The van der Waals surface area contributed by atoms with E-state index in [2.05, 4.69) is 10.3 Å². The van der Waals surface area contributed by atoms with Crippen LogP contribution in [-0.2, 0) is 11.2 Å². The molecule has 104 valence electrons. The zero-order valence-corrected chi connectivity index (χ0v) is 11.6. The van der Waals surface area contributed by atoms with Gasteiger partial charge in [0.15, 0.2) is 5.13 Å². The van der Waals surface area contributed by atoms with Gasteiger partial charge in [0.25, 0.3) is 5.91 Å². The minimum absolute atomic E-state index is 0.0566. The van der Waals surface area contributed by atoms with E-state index in [0.717, 1.165) is 0 Å². The summed E-state index contributed by atoms with van der Waals surface area (Å²) < 4.78 is 5.12. The molecule has 0 bridgehead atoms. The number of hydrogen-bond donors (Lipinski definition) is 2. The standard InChI is InChI=1S/C13H13N3O3S/c1-19-10-5-3-2-4-9(10)12(18)16-13-15-8(7-20-13)6-11(14)17/h2-5,7H,6H2,1H3,(H2,14,17)(H,15,16,18). The smallest absolute Gasteiger partial charge is 0.261 e. The van der Waals surface area contributed by atoms with Gasteiger partial charge in [0.05, 0.1) is 24.8 Å². The number of hydrogen-bond acceptors (Lipinski definition) is 5. The van der Waals surface area contributed by atoms with Gasteiger partial charge in [-0.1, -0.05) is 12.1 Å². The molecule has 6 nitrogen and oxygen atoms in total. The highest BCUT2D eigenvalue weighted by Gasteiger charge is 2.13. The molecular formula is C13H13N3O3S. The van der Waals surface area contributed by atoms with Crippen LogP contribution in [0.2, 0.25) is 0 Å². The molecule has 0 atom stereocenters. The first-order valence-electron chi connectivity index (χ1n) is 5.77. The van der Waals surface area contributed by atoms with E-state index in [0.29, 0.717) is 22.1 Å². The van der Waals surface area contributed by atoms with E-state index < -0.39 is 5.91 Å². The molecule has 1 aromatic carbocycles. The molecule has 2 amide bonds. The maximum atomic E-state index is 12.1. The van der Waals surface area contributed by atoms with Crippen molar-refractivity contribution in [3.63, 3.8) is 0 Å². The van der Waals surface area contributed by atoms with Gasteiger partial charge in [0, 0.05) is 5.38 Å². The fraction of sp³-hybridized carbons (Fsp3) is 0.154. The normalized spacial score (nSPS) is 10.1. The molecule has 7 heteroatoms. The van der Waals surface area contributed by atoms with E-state index in [9.17, 15) is 9.59 Å². The zero-order valence-electron chi connectivity index (χ0n) is 10.8. The predicted molar refractivity (Wildman–Crippen MR) is 76.0 cm³/mol. The number of thiazole rings is 1. The third kappa shape index (κ3) is 3.33. The molecule has 0 radical (unpaired) electrons. The number of nitrogens with two attached hydrogens (primary N) is 1. The van der Waals surface area contributed by atoms with Crippen LogP contribution in [0.25, 0.3) is 0 Å². The van der Waals surface area contributed by atoms with Crippen LogP contribution in [0, 0.1) is 0 Å². The average molecular weight is 291 g/mol. The van der Waals surface area contributed by atoms with E-state index >= 15 is 0 Å². The second-order valence-electron chi connectivity index (χ2n) is 3.94. The van der Waals surface area contributed by atoms with Crippen LogP contribution in [0.5, 0.6) is 5.75 Å². The molecule has 0 fully saturated rings. The molecule has 0 saturated heterocycles. The molecule has 0 aliphatic carbocycles. The first kappa shape index (κ1) is 14.0. The Hall–Kier alpha value is -2.41. The summed E-state index contributed by atoms with van der Waals surface area (Å²) in [4.78, 5) is 27.0. The molecule has 0 saturated carbocycles. The largest absolute Gasteiger partial charge is 0.496 e. The maximum absolute atomic E-state index is 12.1. The highest BCUT2D eigenvalue weighted by molar-refractivity contribution is 7.14. The monoisotopic (exact) mass is 291 g/mol. The Morgan fingerprint density at radius 2 is 2.15 bits per heavy atom. The van der Waals surface area contributed by atoms with Crippen molar-refractivity contribution in [1.29, 1.82) is 0 Å². The molecule has 0 spiro atoms. The summed E-state index contributed by atoms with van der Waals surface area (Å²) in [6, 6.07) is 6.89. The Kier molecular flexibility index (Phi) is 4.31. The van der Waals surface area contributed by atoms with Gasteiger partial charge in [-0.05, 0) is 12.1 Å². The fourth-order valence-electron chi connectivity index (χ4n) is 1.62. The maximum Gasteiger partial charge on any atom is 0.261 e. The summed E-state index contributed by atoms with van der Waals surface area (Å²) in [5, 5.41) is 4.76. The van der Waals surface area contributed by atoms with Crippen LogP contribution in [0.4, 0.5) is 5.13 Å². The van der Waals surface area contributed by atoms with E-state index in [1.807, 2.05) is 0 Å². The van der Waals surface area contributed by atoms with Gasteiger partial charge in [0.1, 0.15) is 5.75 Å². The van der Waals surface area contributed by atoms with Gasteiger partial charge in [-0.3, -0.25) is 14.9 Å². The number of carbonyl (C=O) groups is 2. The van der Waals surface area contributed by atoms with E-state index in [-0.39, 0.29) is 12.3 Å². The summed E-state index contributed by atoms with van der Waals surface area (Å²) in [6.45, 7) is 0. The lowest BCUT2D eigenvalue weighted by molar-refractivity contribution is -0.117. The number of rotatable bonds is 5. The summed E-state index contributed by atoms with van der Waals surface area (Å²) in [5.41, 5.74) is 6.04. The average Bonchev–Trinajstić information content (AvgIpc) is 2.85. The van der Waals surface area contributed by atoms with Crippen molar-refractivity contribution in [3.8, 4) is 5.75 Å². The Morgan fingerprint density at radius 3 is 2.85 bits per heavy atom. The number of ether oxygens (including phenoxy) is 1. The van der Waals surface area contributed by atoms with Gasteiger partial charge in [0.2, 0.25) is 5.91 Å². The summed E-state index contributed by atoms with van der Waals surface area (Å²) in [7, 11) is 1.50. The molecule has 2 aromatic rings. The number of aromatic nitrogens is 1. The van der Waals surface area contributed by atoms with Crippen LogP contribution in [0.1, 0.15) is 16.1 Å². The minimum atomic E-state index is -0.460. The number of amides is 2. The SMILES string of the molecule is COc1ccccc1C(=O)Nc1nc(CC(N)=O)cs1. The summed E-state index contributed by atoms with van der Waals surface area (Å²) in [6.07, 6.45) is 0.0566. The van der Waals surface area contributed by atoms with Crippen molar-refractivity contribution in [2.75, 3.05) is 12.4 Å². The number of anilines is 1. The van der Waals surface area contributed by atoms with E-state index in [4.69, 9.17) is 10.5 Å². The van der Waals surface area contributed by atoms with Crippen molar-refractivity contribution < 1.29 is 14.3 Å². The van der Waals surface area contributed by atoms with Gasteiger partial charge in [-0.25, -0.2) is 4.98 Å². The molecular weight excluding hydrogens is 278 g/mol. The highest BCUT2D eigenvalue weighted by atomic mass is 32.1. The first-order valence-corrected chi connectivity index (χ1v) is 6.65. The van der Waals surface area contributed by atoms with Crippen molar-refractivity contribution in [3.05, 3.63) is 40.9 Å². The summed E-state index contributed by atoms with van der Waals surface area (Å²) >= 11 is 1.24. The second-order valence-corrected chi connectivity index (χ2v) is 4.80. The topological polar surface area (TPSA) is 94.3 Å². The number of nitrogens with one attached hydrogen (secondary N) is 1. The van der Waals surface area contributed by atoms with Crippen LogP contribution >= 0.6 is 11.3 Å². The first-order chi connectivity index (χ1) is 9.60. The van der Waals surface area contributed by atoms with Gasteiger partial charge in [-0.2, -0.15) is 0 Å². The van der Waals surface area contributed by atoms with Crippen LogP contribution < -0.4 is 15.8 Å². The third-order valence-electron chi connectivity index (χ3n) is 2.48. The number of carbonyl (C=O) groups excluding carboxylic acids is 2. The number of methoxy groups -OCH3 is 1. The van der Waals surface area contributed by atoms with Crippen molar-refractivity contribution in [2.45, 2.75) is 6.42 Å². The summed E-state index contributed by atoms with van der Waals surface area (Å²) in [5.74, 6) is -0.292. The Morgan fingerprint density at radius 1 is 1.40 bits per heavy atom. The molecule has 1 aromatic heterocycles. The van der Waals surface area contributed by atoms with Gasteiger partial charge in [-0.15, -0.1) is 11.3 Å². The van der Waals surface area contributed by atoms with Gasteiger partial charge < -0.3 is 10.5 Å². The third-order valence-corrected chi connectivity index (χ3v) is 3.29. The Bertz CT molecular complexity index is 639. The van der Waals surface area contributed by atoms with Crippen molar-refractivity contribution in [2.24, 2.45) is 5.73 Å². The quantitative estimate of drug-likeness (QED) is 0.871. The number of benzene rings is 1. The van der Waals surface area contributed by atoms with Crippen LogP contribution in [-0.4, -0.2) is 23.9 Å². The van der Waals surface area contributed by atoms with Crippen LogP contribution in [0.15, 0.2) is 29.6 Å². The van der Waals surface area contributed by atoms with Crippen LogP contribution in [0.3, 0.4) is 0 Å². The van der Waals surface area contributed by atoms with Gasteiger partial charge >= 0.3 is 0 Å². The number of nitrogens with zero attached hydrogens (tertiary/aromatic N) is 1. The van der Waals surface area contributed by atoms with E-state index in [1.54, 1.807) is 29.6 Å². The number of primary amides is 1. The molecule has 2 rings (SSSR count). The second kappa shape index (κ2) is 6.16. The lowest BCUT2D eigenvalue weighted by Gasteiger charge is -2.06. The molecule has 0 aliphatic rings. The molecule has 20 heavy (non-hydrogen) atoms. The number of para-hydroxylation sites is 1. The predicted octanol–water partition coefficient (Wildman–Crippen LogP) is 1.43. The molecule has 1 heterocycles. The molecule has 3 N–H and O–H groups in total. The zero-order chi connectivity index (χ0) is 14.5. The van der Waals surface area contributed by atoms with E-state index in [1.165, 1.54) is 18.4 Å². The molecule has 0 unspecified atom stereocenters. The van der Waals surface area contributed by atoms with Crippen molar-refractivity contribution >= 4 is 28.3 Å². The lowest BCUT2D eigenvalue weighted by Crippen LogP contribution is -2.15. The lowest BCUT2D eigenvalue weighted by atomic mass is 10.2. The Balaban J connectivity index is 2.11. The highest BCUT2D eigenvalue weighted by Crippen LogP contribution is 2.21. The van der Waals surface area contributed by atoms with Crippen molar-refractivity contribution in [1.82, 2.24) is 4.98 Å². The fourth-order valence-corrected chi connectivity index (χ4v) is 2.33.